The summed E-state index contributed by atoms with van der Waals surface area (Å²) in [6, 6.07) is 14.2. The molecular formula is C21H22N2O2S2. The van der Waals surface area contributed by atoms with Gasteiger partial charge in [0, 0.05) is 22.0 Å². The van der Waals surface area contributed by atoms with E-state index in [-0.39, 0.29) is 11.9 Å². The molecule has 0 saturated carbocycles. The van der Waals surface area contributed by atoms with E-state index in [9.17, 15) is 4.79 Å². The number of nitrogens with one attached hydrogen (secondary N) is 1. The second-order valence-corrected chi connectivity index (χ2v) is 8.42. The summed E-state index contributed by atoms with van der Waals surface area (Å²) in [6.07, 6.45) is 1.01. The lowest BCUT2D eigenvalue weighted by Crippen LogP contribution is -2.40. The molecule has 4 rings (SSSR count). The van der Waals surface area contributed by atoms with Gasteiger partial charge in [0.25, 0.3) is 0 Å². The van der Waals surface area contributed by atoms with Crippen LogP contribution in [0.25, 0.3) is 0 Å². The highest BCUT2D eigenvalue weighted by molar-refractivity contribution is 7.10. The van der Waals surface area contributed by atoms with Gasteiger partial charge in [-0.15, -0.1) is 22.7 Å². The molecule has 3 heterocycles. The Hall–Kier alpha value is -2.15. The molecule has 1 aromatic carbocycles. The van der Waals surface area contributed by atoms with E-state index in [0.717, 1.165) is 24.4 Å². The number of carbonyl (C=O) groups is 1. The molecule has 0 bridgehead atoms. The van der Waals surface area contributed by atoms with E-state index in [1.807, 2.05) is 42.5 Å². The van der Waals surface area contributed by atoms with E-state index < -0.39 is 0 Å². The summed E-state index contributed by atoms with van der Waals surface area (Å²) < 4.78 is 5.45. The van der Waals surface area contributed by atoms with Crippen molar-refractivity contribution in [2.75, 3.05) is 25.0 Å². The van der Waals surface area contributed by atoms with Gasteiger partial charge in [-0.05, 0) is 66.1 Å². The van der Waals surface area contributed by atoms with Crippen molar-refractivity contribution in [2.45, 2.75) is 19.4 Å². The van der Waals surface area contributed by atoms with Crippen molar-refractivity contribution >= 4 is 34.3 Å². The van der Waals surface area contributed by atoms with Crippen LogP contribution in [0.4, 0.5) is 5.69 Å². The summed E-state index contributed by atoms with van der Waals surface area (Å²) in [4.78, 5) is 17.7. The number of hydrogen-bond donors (Lipinski definition) is 1. The molecule has 1 amide bonds. The van der Waals surface area contributed by atoms with Gasteiger partial charge in [-0.25, -0.2) is 0 Å². The Labute approximate surface area is 167 Å². The highest BCUT2D eigenvalue weighted by Gasteiger charge is 2.31. The van der Waals surface area contributed by atoms with Crippen molar-refractivity contribution in [2.24, 2.45) is 0 Å². The first kappa shape index (κ1) is 18.2. The fourth-order valence-electron chi connectivity index (χ4n) is 3.50. The van der Waals surface area contributed by atoms with Crippen molar-refractivity contribution in [3.63, 3.8) is 0 Å². The molecule has 0 radical (unpaired) electrons. The third-order valence-corrected chi connectivity index (χ3v) is 6.60. The molecule has 2 aromatic heterocycles. The van der Waals surface area contributed by atoms with Crippen molar-refractivity contribution in [1.29, 1.82) is 0 Å². The van der Waals surface area contributed by atoms with E-state index in [4.69, 9.17) is 4.74 Å². The first-order valence-electron chi connectivity index (χ1n) is 9.11. The molecule has 0 aliphatic carbocycles. The number of carbonyl (C=O) groups excluding carboxylic acids is 1. The van der Waals surface area contributed by atoms with E-state index >= 15 is 0 Å². The number of amides is 1. The normalized spacial score (nSPS) is 16.7. The van der Waals surface area contributed by atoms with Crippen molar-refractivity contribution in [3.05, 3.63) is 68.5 Å². The Morgan fingerprint density at radius 3 is 2.78 bits per heavy atom. The first-order valence-corrected chi connectivity index (χ1v) is 10.9. The quantitative estimate of drug-likeness (QED) is 0.649. The summed E-state index contributed by atoms with van der Waals surface area (Å²) in [5.74, 6) is 0.827. The van der Waals surface area contributed by atoms with Crippen LogP contribution in [0.5, 0.6) is 5.75 Å². The van der Waals surface area contributed by atoms with Gasteiger partial charge in [-0.2, -0.15) is 0 Å². The van der Waals surface area contributed by atoms with Crippen LogP contribution < -0.4 is 10.1 Å². The van der Waals surface area contributed by atoms with Gasteiger partial charge in [0.05, 0.1) is 19.2 Å². The average molecular weight is 399 g/mol. The van der Waals surface area contributed by atoms with Gasteiger partial charge in [-0.3, -0.25) is 9.69 Å². The minimum Gasteiger partial charge on any atom is -0.494 e. The van der Waals surface area contributed by atoms with Crippen molar-refractivity contribution in [3.8, 4) is 5.75 Å². The number of nitrogens with zero attached hydrogens (tertiary/aromatic N) is 1. The zero-order chi connectivity index (χ0) is 18.6. The molecule has 6 heteroatoms. The summed E-state index contributed by atoms with van der Waals surface area (Å²) in [5, 5.41) is 7.28. The SMILES string of the molecule is CCOc1ccc(NC(=O)CN2CCc3sccc3[C@@H]2c2cccs2)cc1. The predicted molar refractivity (Wildman–Crippen MR) is 112 cm³/mol. The van der Waals surface area contributed by atoms with Crippen LogP contribution in [0.15, 0.2) is 53.2 Å². The van der Waals surface area contributed by atoms with Crippen LogP contribution in [0.1, 0.15) is 28.3 Å². The average Bonchev–Trinajstić information content (AvgIpc) is 3.35. The number of benzene rings is 1. The second kappa shape index (κ2) is 8.25. The predicted octanol–water partition coefficient (Wildman–Crippen LogP) is 4.79. The Balaban J connectivity index is 1.47. The van der Waals surface area contributed by atoms with E-state index in [2.05, 4.69) is 39.2 Å². The molecule has 0 unspecified atom stereocenters. The van der Waals surface area contributed by atoms with Gasteiger partial charge in [0.15, 0.2) is 0 Å². The number of fused-ring (bicyclic) bond motifs is 1. The zero-order valence-electron chi connectivity index (χ0n) is 15.2. The number of ether oxygens (including phenoxy) is 1. The molecule has 0 fully saturated rings. The van der Waals surface area contributed by atoms with Gasteiger partial charge in [0.1, 0.15) is 5.75 Å². The van der Waals surface area contributed by atoms with Crippen LogP contribution in [0.2, 0.25) is 0 Å². The molecule has 3 aromatic rings. The lowest BCUT2D eigenvalue weighted by atomic mass is 9.98. The Kier molecular flexibility index (Phi) is 5.57. The monoisotopic (exact) mass is 398 g/mol. The third kappa shape index (κ3) is 4.08. The molecule has 4 nitrogen and oxygen atoms in total. The molecule has 140 valence electrons. The third-order valence-electron chi connectivity index (χ3n) is 4.67. The van der Waals surface area contributed by atoms with Crippen LogP contribution in [-0.4, -0.2) is 30.5 Å². The summed E-state index contributed by atoms with van der Waals surface area (Å²) in [7, 11) is 0. The molecule has 1 aliphatic heterocycles. The lowest BCUT2D eigenvalue weighted by Gasteiger charge is -2.34. The van der Waals surface area contributed by atoms with Crippen molar-refractivity contribution < 1.29 is 9.53 Å². The Bertz CT molecular complexity index is 887. The molecule has 0 spiro atoms. The Morgan fingerprint density at radius 1 is 1.19 bits per heavy atom. The summed E-state index contributed by atoms with van der Waals surface area (Å²) in [5.41, 5.74) is 2.15. The zero-order valence-corrected chi connectivity index (χ0v) is 16.8. The lowest BCUT2D eigenvalue weighted by molar-refractivity contribution is -0.117. The van der Waals surface area contributed by atoms with Gasteiger partial charge < -0.3 is 10.1 Å². The first-order chi connectivity index (χ1) is 13.2. The number of rotatable bonds is 6. The van der Waals surface area contributed by atoms with Gasteiger partial charge in [0.2, 0.25) is 5.91 Å². The summed E-state index contributed by atoms with van der Waals surface area (Å²) in [6.45, 7) is 3.87. The van der Waals surface area contributed by atoms with Crippen LogP contribution in [0.3, 0.4) is 0 Å². The molecule has 1 atom stereocenters. The van der Waals surface area contributed by atoms with Gasteiger partial charge in [-0.1, -0.05) is 6.07 Å². The fourth-order valence-corrected chi connectivity index (χ4v) is 5.28. The maximum atomic E-state index is 12.7. The van der Waals surface area contributed by atoms with E-state index in [0.29, 0.717) is 13.2 Å². The largest absolute Gasteiger partial charge is 0.494 e. The van der Waals surface area contributed by atoms with Crippen LogP contribution in [0, 0.1) is 0 Å². The van der Waals surface area contributed by atoms with Crippen LogP contribution in [-0.2, 0) is 11.2 Å². The highest BCUT2D eigenvalue weighted by Crippen LogP contribution is 2.39. The highest BCUT2D eigenvalue weighted by atomic mass is 32.1. The van der Waals surface area contributed by atoms with Crippen LogP contribution >= 0.6 is 22.7 Å². The second-order valence-electron chi connectivity index (χ2n) is 6.44. The number of hydrogen-bond acceptors (Lipinski definition) is 5. The molecule has 1 aliphatic rings. The standard InChI is InChI=1S/C21H22N2O2S2/c1-2-25-16-7-5-15(6-8-16)22-20(24)14-23-11-9-18-17(10-13-27-18)21(23)19-4-3-12-26-19/h3-8,10,12-13,21H,2,9,11,14H2,1H3,(H,22,24)/t21-/m1/s1. The number of anilines is 1. The molecule has 0 saturated heterocycles. The topological polar surface area (TPSA) is 41.6 Å². The smallest absolute Gasteiger partial charge is 0.238 e. The van der Waals surface area contributed by atoms with Crippen molar-refractivity contribution in [1.82, 2.24) is 4.90 Å². The summed E-state index contributed by atoms with van der Waals surface area (Å²) >= 11 is 3.58. The Morgan fingerprint density at radius 2 is 2.04 bits per heavy atom. The van der Waals surface area contributed by atoms with E-state index in [1.54, 1.807) is 11.3 Å². The minimum atomic E-state index is 0.0133. The van der Waals surface area contributed by atoms with E-state index in [1.165, 1.54) is 15.3 Å². The molecule has 1 N–H and O–H groups in total. The molecule has 27 heavy (non-hydrogen) atoms. The van der Waals surface area contributed by atoms with Gasteiger partial charge >= 0.3 is 0 Å². The minimum absolute atomic E-state index is 0.0133. The maximum absolute atomic E-state index is 12.7. The maximum Gasteiger partial charge on any atom is 0.238 e. The molecular weight excluding hydrogens is 376 g/mol. The number of thiophene rings is 2. The fraction of sp³-hybridized carbons (Fsp3) is 0.286.